The molecule has 0 radical (unpaired) electrons. The number of carbonyl (C=O) groups is 1. The lowest BCUT2D eigenvalue weighted by atomic mass is 10.0. The highest BCUT2D eigenvalue weighted by Crippen LogP contribution is 2.41. The predicted octanol–water partition coefficient (Wildman–Crippen LogP) is 2.46. The van der Waals surface area contributed by atoms with E-state index in [2.05, 4.69) is 20.7 Å². The van der Waals surface area contributed by atoms with Crippen LogP contribution < -0.4 is 5.32 Å². The first-order chi connectivity index (χ1) is 12.1. The molecule has 1 amide bonds. The van der Waals surface area contributed by atoms with E-state index >= 15 is 0 Å². The SMILES string of the molecule is Cc1cc(C(=O)NC2CCN(Cc3csc(C4CC4)n3)CC2)n(C)n1. The fraction of sp³-hybridized carbons (Fsp3) is 0.611. The number of hydrogen-bond acceptors (Lipinski definition) is 5. The Morgan fingerprint density at radius 3 is 2.72 bits per heavy atom. The van der Waals surface area contributed by atoms with E-state index < -0.39 is 0 Å². The fourth-order valence-corrected chi connectivity index (χ4v) is 4.44. The molecule has 3 heterocycles. The van der Waals surface area contributed by atoms with Gasteiger partial charge >= 0.3 is 0 Å². The highest BCUT2D eigenvalue weighted by molar-refractivity contribution is 7.09. The van der Waals surface area contributed by atoms with Crippen molar-refractivity contribution in [2.45, 2.75) is 51.1 Å². The Bertz CT molecular complexity index is 755. The summed E-state index contributed by atoms with van der Waals surface area (Å²) in [5, 5.41) is 10.9. The van der Waals surface area contributed by atoms with Crippen LogP contribution in [-0.4, -0.2) is 44.7 Å². The molecule has 2 aromatic rings. The average molecular weight is 359 g/mol. The van der Waals surface area contributed by atoms with Crippen molar-refractivity contribution in [3.8, 4) is 0 Å². The molecule has 7 heteroatoms. The number of carbonyl (C=O) groups excluding carboxylic acids is 1. The van der Waals surface area contributed by atoms with Crippen LogP contribution in [0.3, 0.4) is 0 Å². The monoisotopic (exact) mass is 359 g/mol. The van der Waals surface area contributed by atoms with Gasteiger partial charge in [0.05, 0.1) is 16.4 Å². The van der Waals surface area contributed by atoms with Crippen molar-refractivity contribution in [2.75, 3.05) is 13.1 Å². The number of piperidine rings is 1. The molecule has 0 atom stereocenters. The van der Waals surface area contributed by atoms with E-state index in [1.54, 1.807) is 4.68 Å². The van der Waals surface area contributed by atoms with Crippen LogP contribution in [0.5, 0.6) is 0 Å². The second-order valence-corrected chi connectivity index (χ2v) is 8.16. The lowest BCUT2D eigenvalue weighted by molar-refractivity contribution is 0.0899. The van der Waals surface area contributed by atoms with Gasteiger partial charge in [-0.05, 0) is 38.7 Å². The van der Waals surface area contributed by atoms with Crippen molar-refractivity contribution < 1.29 is 4.79 Å². The average Bonchev–Trinajstić information content (AvgIpc) is 3.24. The second-order valence-electron chi connectivity index (χ2n) is 7.27. The minimum absolute atomic E-state index is 0.0184. The van der Waals surface area contributed by atoms with Crippen LogP contribution in [-0.2, 0) is 13.6 Å². The van der Waals surface area contributed by atoms with E-state index in [9.17, 15) is 4.79 Å². The molecule has 25 heavy (non-hydrogen) atoms. The maximum atomic E-state index is 12.4. The van der Waals surface area contributed by atoms with Crippen LogP contribution in [0.2, 0.25) is 0 Å². The first-order valence-corrected chi connectivity index (χ1v) is 9.94. The molecule has 134 valence electrons. The summed E-state index contributed by atoms with van der Waals surface area (Å²) in [6.07, 6.45) is 4.60. The first-order valence-electron chi connectivity index (χ1n) is 9.06. The lowest BCUT2D eigenvalue weighted by Crippen LogP contribution is -2.44. The zero-order valence-corrected chi connectivity index (χ0v) is 15.7. The number of thiazole rings is 1. The zero-order valence-electron chi connectivity index (χ0n) is 14.9. The van der Waals surface area contributed by atoms with Gasteiger partial charge in [0.1, 0.15) is 5.69 Å². The Kier molecular flexibility index (Phi) is 4.60. The normalized spacial score (nSPS) is 19.3. The van der Waals surface area contributed by atoms with Gasteiger partial charge in [-0.15, -0.1) is 11.3 Å². The van der Waals surface area contributed by atoms with Crippen LogP contribution in [0.25, 0.3) is 0 Å². The van der Waals surface area contributed by atoms with E-state index in [0.29, 0.717) is 5.69 Å². The third-order valence-corrected chi connectivity index (χ3v) is 6.10. The Morgan fingerprint density at radius 2 is 2.08 bits per heavy atom. The van der Waals surface area contributed by atoms with Crippen LogP contribution in [0.1, 0.15) is 58.5 Å². The third kappa shape index (κ3) is 3.93. The topological polar surface area (TPSA) is 63.1 Å². The summed E-state index contributed by atoms with van der Waals surface area (Å²) in [7, 11) is 1.81. The highest BCUT2D eigenvalue weighted by Gasteiger charge is 2.27. The summed E-state index contributed by atoms with van der Waals surface area (Å²) < 4.78 is 1.65. The summed E-state index contributed by atoms with van der Waals surface area (Å²) in [6, 6.07) is 2.08. The maximum Gasteiger partial charge on any atom is 0.269 e. The smallest absolute Gasteiger partial charge is 0.269 e. The number of aromatic nitrogens is 3. The molecular weight excluding hydrogens is 334 g/mol. The van der Waals surface area contributed by atoms with Crippen molar-refractivity contribution in [3.63, 3.8) is 0 Å². The van der Waals surface area contributed by atoms with E-state index in [4.69, 9.17) is 4.98 Å². The molecular formula is C18H25N5OS. The number of likely N-dealkylation sites (tertiary alicyclic amines) is 1. The van der Waals surface area contributed by atoms with Crippen molar-refractivity contribution in [1.29, 1.82) is 0 Å². The quantitative estimate of drug-likeness (QED) is 0.891. The molecule has 2 aliphatic rings. The molecule has 1 N–H and O–H groups in total. The van der Waals surface area contributed by atoms with Crippen LogP contribution in [0, 0.1) is 6.92 Å². The molecule has 6 nitrogen and oxygen atoms in total. The molecule has 2 fully saturated rings. The maximum absolute atomic E-state index is 12.4. The van der Waals surface area contributed by atoms with E-state index in [-0.39, 0.29) is 11.9 Å². The van der Waals surface area contributed by atoms with Crippen LogP contribution in [0.15, 0.2) is 11.4 Å². The largest absolute Gasteiger partial charge is 0.348 e. The minimum atomic E-state index is -0.0184. The highest BCUT2D eigenvalue weighted by atomic mass is 32.1. The van der Waals surface area contributed by atoms with Gasteiger partial charge in [0, 0.05) is 44.0 Å². The number of nitrogens with zero attached hydrogens (tertiary/aromatic N) is 4. The van der Waals surface area contributed by atoms with Gasteiger partial charge in [-0.25, -0.2) is 4.98 Å². The van der Waals surface area contributed by atoms with Gasteiger partial charge in [-0.1, -0.05) is 0 Å². The minimum Gasteiger partial charge on any atom is -0.348 e. The van der Waals surface area contributed by atoms with Crippen LogP contribution >= 0.6 is 11.3 Å². The molecule has 1 aliphatic heterocycles. The van der Waals surface area contributed by atoms with Gasteiger partial charge in [0.15, 0.2) is 0 Å². The third-order valence-electron chi connectivity index (χ3n) is 5.04. The molecule has 2 aromatic heterocycles. The molecule has 0 spiro atoms. The Balaban J connectivity index is 1.26. The van der Waals surface area contributed by atoms with E-state index in [1.807, 2.05) is 31.4 Å². The Morgan fingerprint density at radius 1 is 1.32 bits per heavy atom. The number of aryl methyl sites for hydroxylation is 2. The van der Waals surface area contributed by atoms with Crippen LogP contribution in [0.4, 0.5) is 0 Å². The van der Waals surface area contributed by atoms with Gasteiger partial charge in [0.25, 0.3) is 5.91 Å². The Labute approximate surface area is 152 Å². The number of hydrogen-bond donors (Lipinski definition) is 1. The van der Waals surface area contributed by atoms with E-state index in [0.717, 1.165) is 44.1 Å². The van der Waals surface area contributed by atoms with Gasteiger partial charge < -0.3 is 5.32 Å². The van der Waals surface area contributed by atoms with Crippen molar-refractivity contribution in [3.05, 3.63) is 33.5 Å². The molecule has 0 bridgehead atoms. The Hall–Kier alpha value is -1.73. The second kappa shape index (κ2) is 6.88. The predicted molar refractivity (Wildman–Crippen MR) is 97.8 cm³/mol. The number of amides is 1. The molecule has 0 aromatic carbocycles. The van der Waals surface area contributed by atoms with Crippen molar-refractivity contribution in [1.82, 2.24) is 25.0 Å². The molecule has 4 rings (SSSR count). The number of rotatable bonds is 5. The molecule has 0 unspecified atom stereocenters. The molecule has 1 saturated heterocycles. The fourth-order valence-electron chi connectivity index (χ4n) is 3.46. The van der Waals surface area contributed by atoms with Gasteiger partial charge in [0.2, 0.25) is 0 Å². The van der Waals surface area contributed by atoms with Gasteiger partial charge in [-0.2, -0.15) is 5.10 Å². The molecule has 1 saturated carbocycles. The van der Waals surface area contributed by atoms with Crippen molar-refractivity contribution >= 4 is 17.2 Å². The van der Waals surface area contributed by atoms with Crippen molar-refractivity contribution in [2.24, 2.45) is 7.05 Å². The van der Waals surface area contributed by atoms with E-state index in [1.165, 1.54) is 23.5 Å². The summed E-state index contributed by atoms with van der Waals surface area (Å²) in [4.78, 5) is 19.6. The standard InChI is InChI=1S/C18H25N5OS/c1-12-9-16(22(2)21-12)17(24)19-14-5-7-23(8-6-14)10-15-11-25-18(20-15)13-3-4-13/h9,11,13-14H,3-8,10H2,1-2H3,(H,19,24). The summed E-state index contributed by atoms with van der Waals surface area (Å²) in [5.74, 6) is 0.727. The number of nitrogens with one attached hydrogen (secondary N) is 1. The van der Waals surface area contributed by atoms with Gasteiger partial charge in [-0.3, -0.25) is 14.4 Å². The molecule has 1 aliphatic carbocycles. The lowest BCUT2D eigenvalue weighted by Gasteiger charge is -2.31. The summed E-state index contributed by atoms with van der Waals surface area (Å²) in [6.45, 7) is 4.85. The zero-order chi connectivity index (χ0) is 17.4. The first kappa shape index (κ1) is 16.7. The summed E-state index contributed by atoms with van der Waals surface area (Å²) >= 11 is 1.82. The summed E-state index contributed by atoms with van der Waals surface area (Å²) in [5.41, 5.74) is 2.71.